The standard InChI is InChI=1S/C26H28N2O5/c1-15(29)28-24(16-10-12-27-20-14-23(31-5)22(30-4)13-19(16)20)18-7-8-21-17(25(18)32-6)9-11-26(2,3)33-21/h7-14,24H,1-6H3,(H,28,29). The lowest BCUT2D eigenvalue weighted by atomic mass is 9.91. The predicted molar refractivity (Wildman–Crippen MR) is 127 cm³/mol. The highest BCUT2D eigenvalue weighted by Crippen LogP contribution is 2.44. The molecule has 0 saturated carbocycles. The zero-order valence-electron chi connectivity index (χ0n) is 19.7. The zero-order valence-corrected chi connectivity index (χ0v) is 19.7. The number of ether oxygens (including phenoxy) is 4. The van der Waals surface area contributed by atoms with Crippen LogP contribution in [0.4, 0.5) is 0 Å². The topological polar surface area (TPSA) is 78.9 Å². The Bertz CT molecular complexity index is 1250. The minimum absolute atomic E-state index is 0.168. The second-order valence-corrected chi connectivity index (χ2v) is 8.40. The minimum Gasteiger partial charge on any atom is -0.496 e. The minimum atomic E-state index is -0.491. The second-order valence-electron chi connectivity index (χ2n) is 8.40. The van der Waals surface area contributed by atoms with Crippen LogP contribution in [-0.4, -0.2) is 37.8 Å². The quantitative estimate of drug-likeness (QED) is 0.590. The summed E-state index contributed by atoms with van der Waals surface area (Å²) in [5.41, 5.74) is 2.81. The molecular formula is C26H28N2O5. The summed E-state index contributed by atoms with van der Waals surface area (Å²) in [6.07, 6.45) is 5.72. The number of pyridine rings is 1. The largest absolute Gasteiger partial charge is 0.496 e. The van der Waals surface area contributed by atoms with E-state index in [-0.39, 0.29) is 5.91 Å². The van der Waals surface area contributed by atoms with Crippen LogP contribution in [0.2, 0.25) is 0 Å². The SMILES string of the molecule is COc1cc2nccc(C(NC(C)=O)c3ccc4c(c3OC)C=CC(C)(C)O4)c2cc1OC. The fourth-order valence-corrected chi connectivity index (χ4v) is 4.17. The highest BCUT2D eigenvalue weighted by Gasteiger charge is 2.29. The number of amides is 1. The van der Waals surface area contributed by atoms with Gasteiger partial charge in [0.25, 0.3) is 0 Å². The van der Waals surface area contributed by atoms with Gasteiger partial charge in [0.2, 0.25) is 5.91 Å². The first kappa shape index (κ1) is 22.5. The number of hydrogen-bond donors (Lipinski definition) is 1. The van der Waals surface area contributed by atoms with Crippen LogP contribution in [0.15, 0.2) is 42.6 Å². The van der Waals surface area contributed by atoms with Gasteiger partial charge in [-0.05, 0) is 55.8 Å². The van der Waals surface area contributed by atoms with Gasteiger partial charge in [-0.25, -0.2) is 0 Å². The van der Waals surface area contributed by atoms with E-state index in [4.69, 9.17) is 18.9 Å². The van der Waals surface area contributed by atoms with E-state index < -0.39 is 11.6 Å². The molecule has 1 N–H and O–H groups in total. The number of carbonyl (C=O) groups excluding carboxylic acids is 1. The predicted octanol–water partition coefficient (Wildman–Crippen LogP) is 4.67. The van der Waals surface area contributed by atoms with E-state index in [0.29, 0.717) is 17.2 Å². The number of benzene rings is 2. The van der Waals surface area contributed by atoms with Crippen LogP contribution in [0.1, 0.15) is 43.5 Å². The third kappa shape index (κ3) is 4.18. The third-order valence-corrected chi connectivity index (χ3v) is 5.67. The molecule has 0 fully saturated rings. The van der Waals surface area contributed by atoms with Gasteiger partial charge in [-0.1, -0.05) is 0 Å². The number of aromatic nitrogens is 1. The molecule has 1 unspecified atom stereocenters. The van der Waals surface area contributed by atoms with Crippen molar-refractivity contribution in [1.29, 1.82) is 0 Å². The lowest BCUT2D eigenvalue weighted by Gasteiger charge is -2.30. The molecular weight excluding hydrogens is 420 g/mol. The van der Waals surface area contributed by atoms with Gasteiger partial charge in [0.05, 0.1) is 38.5 Å². The molecule has 3 aromatic rings. The molecule has 0 aliphatic carbocycles. The molecule has 172 valence electrons. The van der Waals surface area contributed by atoms with Crippen molar-refractivity contribution in [1.82, 2.24) is 10.3 Å². The Morgan fingerprint density at radius 1 is 1.03 bits per heavy atom. The Kier molecular flexibility index (Phi) is 5.89. The van der Waals surface area contributed by atoms with Crippen molar-refractivity contribution < 1.29 is 23.7 Å². The van der Waals surface area contributed by atoms with E-state index >= 15 is 0 Å². The molecule has 7 heteroatoms. The van der Waals surface area contributed by atoms with Crippen molar-refractivity contribution in [3.63, 3.8) is 0 Å². The van der Waals surface area contributed by atoms with Crippen molar-refractivity contribution >= 4 is 22.9 Å². The lowest BCUT2D eigenvalue weighted by Crippen LogP contribution is -2.29. The summed E-state index contributed by atoms with van der Waals surface area (Å²) in [7, 11) is 4.80. The summed E-state index contributed by atoms with van der Waals surface area (Å²) in [6.45, 7) is 5.49. The van der Waals surface area contributed by atoms with Gasteiger partial charge in [-0.3, -0.25) is 9.78 Å². The fourth-order valence-electron chi connectivity index (χ4n) is 4.17. The number of hydrogen-bond acceptors (Lipinski definition) is 6. The monoisotopic (exact) mass is 448 g/mol. The molecule has 4 rings (SSSR count). The summed E-state index contributed by atoms with van der Waals surface area (Å²) in [5.74, 6) is 2.37. The van der Waals surface area contributed by atoms with E-state index in [1.165, 1.54) is 6.92 Å². The molecule has 1 aromatic heterocycles. The Labute approximate surface area is 193 Å². The first-order valence-corrected chi connectivity index (χ1v) is 10.6. The number of nitrogens with one attached hydrogen (secondary N) is 1. The summed E-state index contributed by atoms with van der Waals surface area (Å²) >= 11 is 0. The molecule has 0 spiro atoms. The first-order chi connectivity index (χ1) is 15.8. The first-order valence-electron chi connectivity index (χ1n) is 10.6. The summed E-state index contributed by atoms with van der Waals surface area (Å²) in [4.78, 5) is 16.8. The van der Waals surface area contributed by atoms with E-state index in [1.807, 2.05) is 56.3 Å². The Hall–Kier alpha value is -3.74. The van der Waals surface area contributed by atoms with Crippen molar-refractivity contribution in [3.05, 3.63) is 59.3 Å². The van der Waals surface area contributed by atoms with Gasteiger partial charge in [0.15, 0.2) is 11.5 Å². The van der Waals surface area contributed by atoms with Crippen LogP contribution in [0.25, 0.3) is 17.0 Å². The second kappa shape index (κ2) is 8.65. The van der Waals surface area contributed by atoms with Gasteiger partial charge in [-0.2, -0.15) is 0 Å². The highest BCUT2D eigenvalue weighted by molar-refractivity contribution is 5.88. The average Bonchev–Trinajstić information content (AvgIpc) is 2.79. The molecule has 1 amide bonds. The number of carbonyl (C=O) groups is 1. The maximum Gasteiger partial charge on any atom is 0.217 e. The zero-order chi connectivity index (χ0) is 23.8. The maximum atomic E-state index is 12.3. The number of fused-ring (bicyclic) bond motifs is 2. The van der Waals surface area contributed by atoms with Crippen LogP contribution in [0.5, 0.6) is 23.0 Å². The highest BCUT2D eigenvalue weighted by atomic mass is 16.5. The molecule has 0 radical (unpaired) electrons. The van der Waals surface area contributed by atoms with E-state index in [1.54, 1.807) is 27.5 Å². The molecule has 33 heavy (non-hydrogen) atoms. The summed E-state index contributed by atoms with van der Waals surface area (Å²) in [6, 6.07) is 8.95. The van der Waals surface area contributed by atoms with Crippen molar-refractivity contribution in [2.24, 2.45) is 0 Å². The van der Waals surface area contributed by atoms with Crippen LogP contribution in [0, 0.1) is 0 Å². The number of methoxy groups -OCH3 is 3. The Morgan fingerprint density at radius 3 is 2.42 bits per heavy atom. The Balaban J connectivity index is 1.94. The van der Waals surface area contributed by atoms with Gasteiger partial charge in [0.1, 0.15) is 17.1 Å². The van der Waals surface area contributed by atoms with Crippen LogP contribution in [-0.2, 0) is 4.79 Å². The number of rotatable bonds is 6. The third-order valence-electron chi connectivity index (χ3n) is 5.67. The molecule has 7 nitrogen and oxygen atoms in total. The molecule has 2 heterocycles. The molecule has 1 atom stereocenters. The van der Waals surface area contributed by atoms with Gasteiger partial charge < -0.3 is 24.3 Å². The summed E-state index contributed by atoms with van der Waals surface area (Å²) < 4.78 is 22.9. The normalized spacial score (nSPS) is 14.7. The molecule has 2 aromatic carbocycles. The van der Waals surface area contributed by atoms with E-state index in [0.717, 1.165) is 33.3 Å². The lowest BCUT2D eigenvalue weighted by molar-refractivity contribution is -0.119. The van der Waals surface area contributed by atoms with Crippen LogP contribution in [0.3, 0.4) is 0 Å². The van der Waals surface area contributed by atoms with Crippen molar-refractivity contribution in [2.45, 2.75) is 32.4 Å². The average molecular weight is 449 g/mol. The smallest absolute Gasteiger partial charge is 0.217 e. The van der Waals surface area contributed by atoms with Gasteiger partial charge in [0, 0.05) is 30.1 Å². The molecule has 1 aliphatic heterocycles. The van der Waals surface area contributed by atoms with Gasteiger partial charge in [-0.15, -0.1) is 0 Å². The van der Waals surface area contributed by atoms with Crippen molar-refractivity contribution in [2.75, 3.05) is 21.3 Å². The molecule has 0 saturated heterocycles. The van der Waals surface area contributed by atoms with E-state index in [2.05, 4.69) is 10.3 Å². The molecule has 0 bridgehead atoms. The van der Waals surface area contributed by atoms with Crippen LogP contribution >= 0.6 is 0 Å². The molecule has 1 aliphatic rings. The van der Waals surface area contributed by atoms with E-state index in [9.17, 15) is 4.79 Å². The van der Waals surface area contributed by atoms with Crippen LogP contribution < -0.4 is 24.3 Å². The fraction of sp³-hybridized carbons (Fsp3) is 0.308. The summed E-state index contributed by atoms with van der Waals surface area (Å²) in [5, 5.41) is 3.92. The van der Waals surface area contributed by atoms with Gasteiger partial charge >= 0.3 is 0 Å². The Morgan fingerprint density at radius 2 is 1.76 bits per heavy atom. The maximum absolute atomic E-state index is 12.3. The number of nitrogens with zero attached hydrogens (tertiary/aromatic N) is 1. The van der Waals surface area contributed by atoms with Crippen molar-refractivity contribution in [3.8, 4) is 23.0 Å².